The molecule has 1 amide bonds. The Morgan fingerprint density at radius 2 is 1.85 bits per heavy atom. The number of carbonyl (C=O) groups is 2. The molecule has 0 aromatic heterocycles. The Kier molecular flexibility index (Phi) is 4.81. The van der Waals surface area contributed by atoms with Gasteiger partial charge in [0.05, 0.1) is 11.8 Å². The molecule has 2 fully saturated rings. The first-order valence-corrected chi connectivity index (χ1v) is 9.59. The van der Waals surface area contributed by atoms with E-state index in [0.29, 0.717) is 0 Å². The second-order valence-electron chi connectivity index (χ2n) is 7.91. The number of nitrogens with zero attached hydrogens (tertiary/aromatic N) is 1. The van der Waals surface area contributed by atoms with Crippen molar-refractivity contribution in [2.24, 2.45) is 23.7 Å². The van der Waals surface area contributed by atoms with Gasteiger partial charge >= 0.3 is 5.97 Å². The van der Waals surface area contributed by atoms with Crippen LogP contribution in [-0.4, -0.2) is 41.0 Å². The summed E-state index contributed by atoms with van der Waals surface area (Å²) in [5.41, 5.74) is 1.28. The molecule has 4 rings (SSSR count). The summed E-state index contributed by atoms with van der Waals surface area (Å²) in [7, 11) is 0. The Morgan fingerprint density at radius 1 is 1.12 bits per heavy atom. The number of likely N-dealkylation sites (tertiary alicyclic amines) is 1. The summed E-state index contributed by atoms with van der Waals surface area (Å²) < 4.78 is 0. The maximum absolute atomic E-state index is 12.9. The van der Waals surface area contributed by atoms with Crippen LogP contribution >= 0.6 is 0 Å². The monoisotopic (exact) mass is 354 g/mol. The van der Waals surface area contributed by atoms with Gasteiger partial charge in [0.15, 0.2) is 0 Å². The van der Waals surface area contributed by atoms with E-state index in [1.807, 2.05) is 30.4 Å². The van der Waals surface area contributed by atoms with Crippen molar-refractivity contribution in [3.63, 3.8) is 0 Å². The van der Waals surface area contributed by atoms with Crippen LogP contribution in [0, 0.1) is 23.7 Å². The number of carbonyl (C=O) groups excluding carboxylic acids is 1. The molecule has 5 heteroatoms. The van der Waals surface area contributed by atoms with Crippen molar-refractivity contribution in [2.45, 2.75) is 31.8 Å². The van der Waals surface area contributed by atoms with Crippen LogP contribution in [0.5, 0.6) is 0 Å². The highest BCUT2D eigenvalue weighted by molar-refractivity contribution is 5.87. The number of nitrogens with one attached hydrogen (secondary N) is 1. The Hall–Kier alpha value is -2.14. The summed E-state index contributed by atoms with van der Waals surface area (Å²) in [6, 6.07) is 10.5. The average molecular weight is 354 g/mol. The molecule has 5 atom stereocenters. The summed E-state index contributed by atoms with van der Waals surface area (Å²) >= 11 is 0. The van der Waals surface area contributed by atoms with E-state index in [9.17, 15) is 14.7 Å². The zero-order valence-electron chi connectivity index (χ0n) is 14.9. The van der Waals surface area contributed by atoms with Crippen LogP contribution in [-0.2, 0) is 16.1 Å². The fourth-order valence-corrected chi connectivity index (χ4v) is 4.97. The molecular weight excluding hydrogens is 328 g/mol. The highest BCUT2D eigenvalue weighted by Crippen LogP contribution is 2.48. The molecule has 3 unspecified atom stereocenters. The molecule has 1 aliphatic heterocycles. The number of hydrogen-bond donors (Lipinski definition) is 2. The largest absolute Gasteiger partial charge is 0.481 e. The number of rotatable bonds is 5. The number of hydrogen-bond acceptors (Lipinski definition) is 3. The van der Waals surface area contributed by atoms with Crippen LogP contribution in [0.4, 0.5) is 0 Å². The van der Waals surface area contributed by atoms with Gasteiger partial charge in [0.25, 0.3) is 0 Å². The Balaban J connectivity index is 1.37. The second-order valence-corrected chi connectivity index (χ2v) is 7.91. The number of allylic oxidation sites excluding steroid dienone is 2. The zero-order valence-corrected chi connectivity index (χ0v) is 14.9. The van der Waals surface area contributed by atoms with Crippen molar-refractivity contribution in [1.82, 2.24) is 10.2 Å². The van der Waals surface area contributed by atoms with Gasteiger partial charge in [-0.1, -0.05) is 42.5 Å². The molecule has 1 heterocycles. The molecule has 1 saturated carbocycles. The first-order chi connectivity index (χ1) is 12.6. The lowest BCUT2D eigenvalue weighted by atomic mass is 9.82. The van der Waals surface area contributed by atoms with E-state index in [1.54, 1.807) is 0 Å². The van der Waals surface area contributed by atoms with Gasteiger partial charge in [-0.25, -0.2) is 0 Å². The molecule has 1 aromatic carbocycles. The Bertz CT molecular complexity index is 702. The van der Waals surface area contributed by atoms with Gasteiger partial charge in [0.2, 0.25) is 5.91 Å². The molecule has 2 N–H and O–H groups in total. The summed E-state index contributed by atoms with van der Waals surface area (Å²) in [5.74, 6) is -1.77. The fraction of sp³-hybridized carbons (Fsp3) is 0.524. The maximum atomic E-state index is 12.9. The third-order valence-electron chi connectivity index (χ3n) is 6.15. The number of fused-ring (bicyclic) bond motifs is 2. The molecule has 26 heavy (non-hydrogen) atoms. The van der Waals surface area contributed by atoms with Crippen molar-refractivity contribution in [3.8, 4) is 0 Å². The van der Waals surface area contributed by atoms with E-state index in [0.717, 1.165) is 38.9 Å². The Morgan fingerprint density at radius 3 is 2.58 bits per heavy atom. The molecule has 2 bridgehead atoms. The lowest BCUT2D eigenvalue weighted by molar-refractivity contribution is -0.148. The molecule has 1 saturated heterocycles. The molecule has 0 spiro atoms. The van der Waals surface area contributed by atoms with Crippen molar-refractivity contribution in [1.29, 1.82) is 0 Å². The number of aliphatic carboxylic acids is 1. The van der Waals surface area contributed by atoms with Gasteiger partial charge in [-0.15, -0.1) is 0 Å². The van der Waals surface area contributed by atoms with Crippen LogP contribution in [0.15, 0.2) is 42.5 Å². The summed E-state index contributed by atoms with van der Waals surface area (Å²) in [4.78, 5) is 26.9. The molecule has 1 aromatic rings. The first kappa shape index (κ1) is 17.3. The van der Waals surface area contributed by atoms with Gasteiger partial charge in [-0.05, 0) is 43.2 Å². The molecule has 0 radical (unpaired) electrons. The highest BCUT2D eigenvalue weighted by Gasteiger charge is 2.51. The SMILES string of the molecule is O=C(O)[C@@H]1C2C=CC(C2)[C@@H]1C(=O)NC1CCCN(Cc2ccccc2)C1. The average Bonchev–Trinajstić information content (AvgIpc) is 3.24. The molecule has 138 valence electrons. The normalized spacial score (nSPS) is 33.3. The van der Waals surface area contributed by atoms with Crippen molar-refractivity contribution < 1.29 is 14.7 Å². The molecular formula is C21H26N2O3. The lowest BCUT2D eigenvalue weighted by Crippen LogP contribution is -2.50. The number of benzene rings is 1. The van der Waals surface area contributed by atoms with Crippen LogP contribution < -0.4 is 5.32 Å². The maximum Gasteiger partial charge on any atom is 0.307 e. The van der Waals surface area contributed by atoms with Gasteiger partial charge in [-0.3, -0.25) is 14.5 Å². The fourth-order valence-electron chi connectivity index (χ4n) is 4.97. The van der Waals surface area contributed by atoms with Gasteiger partial charge < -0.3 is 10.4 Å². The number of carboxylic acids is 1. The Labute approximate surface area is 154 Å². The van der Waals surface area contributed by atoms with Crippen molar-refractivity contribution >= 4 is 11.9 Å². The molecule has 5 nitrogen and oxygen atoms in total. The minimum atomic E-state index is -0.837. The van der Waals surface area contributed by atoms with E-state index < -0.39 is 17.8 Å². The third kappa shape index (κ3) is 3.40. The zero-order chi connectivity index (χ0) is 18.1. The molecule has 2 aliphatic carbocycles. The highest BCUT2D eigenvalue weighted by atomic mass is 16.4. The molecule has 3 aliphatic rings. The predicted octanol–water partition coefficient (Wildman–Crippen LogP) is 2.29. The van der Waals surface area contributed by atoms with E-state index in [1.165, 1.54) is 5.56 Å². The van der Waals surface area contributed by atoms with Gasteiger partial charge in [0, 0.05) is 19.1 Å². The van der Waals surface area contributed by atoms with E-state index in [4.69, 9.17) is 0 Å². The quantitative estimate of drug-likeness (QED) is 0.796. The van der Waals surface area contributed by atoms with Crippen LogP contribution in [0.1, 0.15) is 24.8 Å². The number of amides is 1. The van der Waals surface area contributed by atoms with E-state index in [2.05, 4.69) is 22.3 Å². The van der Waals surface area contributed by atoms with Gasteiger partial charge in [0.1, 0.15) is 0 Å². The number of carboxylic acid groups (broad SMARTS) is 1. The summed E-state index contributed by atoms with van der Waals surface area (Å²) in [5, 5.41) is 12.7. The third-order valence-corrected chi connectivity index (χ3v) is 6.15. The van der Waals surface area contributed by atoms with Crippen LogP contribution in [0.3, 0.4) is 0 Å². The van der Waals surface area contributed by atoms with Crippen molar-refractivity contribution in [2.75, 3.05) is 13.1 Å². The predicted molar refractivity (Wildman–Crippen MR) is 98.2 cm³/mol. The van der Waals surface area contributed by atoms with E-state index in [-0.39, 0.29) is 23.8 Å². The standard InChI is InChI=1S/C21H26N2O3/c24-20(18-15-8-9-16(11-15)19(18)21(25)26)22-17-7-4-10-23(13-17)12-14-5-2-1-3-6-14/h1-3,5-6,8-9,15-19H,4,7,10-13H2,(H,22,24)(H,25,26)/t15?,16?,17?,18-,19+/m0/s1. The van der Waals surface area contributed by atoms with Gasteiger partial charge in [-0.2, -0.15) is 0 Å². The summed E-state index contributed by atoms with van der Waals surface area (Å²) in [6.45, 7) is 2.76. The summed E-state index contributed by atoms with van der Waals surface area (Å²) in [6.07, 6.45) is 6.84. The van der Waals surface area contributed by atoms with Crippen LogP contribution in [0.2, 0.25) is 0 Å². The topological polar surface area (TPSA) is 69.6 Å². The van der Waals surface area contributed by atoms with Crippen molar-refractivity contribution in [3.05, 3.63) is 48.0 Å². The minimum Gasteiger partial charge on any atom is -0.481 e. The smallest absolute Gasteiger partial charge is 0.307 e. The minimum absolute atomic E-state index is 0.0224. The van der Waals surface area contributed by atoms with E-state index >= 15 is 0 Å². The second kappa shape index (κ2) is 7.23. The van der Waals surface area contributed by atoms with Crippen LogP contribution in [0.25, 0.3) is 0 Å². The number of piperidine rings is 1. The lowest BCUT2D eigenvalue weighted by Gasteiger charge is -2.34. The first-order valence-electron chi connectivity index (χ1n) is 9.59.